The zero-order chi connectivity index (χ0) is 19.0. The van der Waals surface area contributed by atoms with Gasteiger partial charge >= 0.3 is 0 Å². The number of allylic oxidation sites excluding steroid dienone is 3. The minimum atomic E-state index is -0.211. The van der Waals surface area contributed by atoms with Crippen molar-refractivity contribution in [3.8, 4) is 0 Å². The lowest BCUT2D eigenvalue weighted by Crippen LogP contribution is -2.23. The van der Waals surface area contributed by atoms with Crippen molar-refractivity contribution in [2.75, 3.05) is 5.32 Å². The summed E-state index contributed by atoms with van der Waals surface area (Å²) in [5.41, 5.74) is 4.63. The third-order valence-corrected chi connectivity index (χ3v) is 6.34. The predicted octanol–water partition coefficient (Wildman–Crippen LogP) is 5.90. The maximum absolute atomic E-state index is 12.4. The fourth-order valence-corrected chi connectivity index (χ4v) is 4.50. The number of thiazole rings is 1. The second-order valence-corrected chi connectivity index (χ2v) is 8.41. The van der Waals surface area contributed by atoms with E-state index in [4.69, 9.17) is 11.6 Å². The molecule has 6 heteroatoms. The third kappa shape index (κ3) is 3.49. The standard InChI is InChI=1S/C21H20ClN3OS/c1-13-12-27-20(24-13)19(26)25-14-6-7-17(22)15(11-14)18-16-5-3-4-8-21(16,2)9-10-23-18/h4,6-8,10-12H,3,5,9H2,1-2H3,(H,25,26). The number of anilines is 1. The van der Waals surface area contributed by atoms with Gasteiger partial charge in [0.05, 0.1) is 10.7 Å². The summed E-state index contributed by atoms with van der Waals surface area (Å²) in [7, 11) is 0. The summed E-state index contributed by atoms with van der Waals surface area (Å²) < 4.78 is 0. The second kappa shape index (κ2) is 7.06. The number of aryl methyl sites for hydroxylation is 1. The number of nitrogens with one attached hydrogen (secondary N) is 1. The van der Waals surface area contributed by atoms with E-state index in [1.54, 1.807) is 0 Å². The highest BCUT2D eigenvalue weighted by Gasteiger charge is 2.33. The van der Waals surface area contributed by atoms with Crippen molar-refractivity contribution in [3.05, 3.63) is 62.6 Å². The van der Waals surface area contributed by atoms with Gasteiger partial charge in [0.25, 0.3) is 5.91 Å². The van der Waals surface area contributed by atoms with Gasteiger partial charge in [-0.1, -0.05) is 30.7 Å². The number of benzene rings is 1. The van der Waals surface area contributed by atoms with Gasteiger partial charge in [-0.2, -0.15) is 0 Å². The molecule has 0 saturated heterocycles. The number of halogens is 1. The average Bonchev–Trinajstić information content (AvgIpc) is 3.09. The summed E-state index contributed by atoms with van der Waals surface area (Å²) in [4.78, 5) is 21.4. The van der Waals surface area contributed by atoms with Gasteiger partial charge in [0, 0.05) is 34.0 Å². The molecule has 0 radical (unpaired) electrons. The number of aliphatic imine (C=N–C) groups is 1. The van der Waals surface area contributed by atoms with Crippen LogP contribution < -0.4 is 5.32 Å². The van der Waals surface area contributed by atoms with E-state index in [9.17, 15) is 4.79 Å². The smallest absolute Gasteiger partial charge is 0.284 e. The van der Waals surface area contributed by atoms with Crippen LogP contribution in [0.15, 0.2) is 46.3 Å². The second-order valence-electron chi connectivity index (χ2n) is 7.14. The quantitative estimate of drug-likeness (QED) is 0.655. The van der Waals surface area contributed by atoms with Crippen LogP contribution in [0, 0.1) is 12.3 Å². The largest absolute Gasteiger partial charge is 0.320 e. The van der Waals surface area contributed by atoms with Crippen molar-refractivity contribution in [1.82, 2.24) is 4.98 Å². The van der Waals surface area contributed by atoms with Crippen molar-refractivity contribution >= 4 is 46.4 Å². The first-order valence-electron chi connectivity index (χ1n) is 8.93. The first-order valence-corrected chi connectivity index (χ1v) is 10.2. The summed E-state index contributed by atoms with van der Waals surface area (Å²) in [5, 5.41) is 5.87. The van der Waals surface area contributed by atoms with Crippen LogP contribution in [-0.2, 0) is 0 Å². The summed E-state index contributed by atoms with van der Waals surface area (Å²) in [6.45, 7) is 4.12. The van der Waals surface area contributed by atoms with E-state index >= 15 is 0 Å². The van der Waals surface area contributed by atoms with Gasteiger partial charge in [0.2, 0.25) is 0 Å². The molecule has 1 amide bonds. The number of hydrogen-bond donors (Lipinski definition) is 1. The van der Waals surface area contributed by atoms with E-state index in [0.29, 0.717) is 15.7 Å². The molecule has 1 unspecified atom stereocenters. The number of amides is 1. The lowest BCUT2D eigenvalue weighted by molar-refractivity contribution is 0.102. The van der Waals surface area contributed by atoms with Crippen LogP contribution >= 0.6 is 22.9 Å². The molecule has 1 aliphatic heterocycles. The SMILES string of the molecule is Cc1csc(C(=O)Nc2ccc(Cl)c(C3=C4CCC=CC4(C)CC=N3)c2)n1. The molecular formula is C21H20ClN3OS. The Morgan fingerprint density at radius 2 is 2.22 bits per heavy atom. The van der Waals surface area contributed by atoms with Crippen LogP contribution in [0.3, 0.4) is 0 Å². The average molecular weight is 398 g/mol. The molecule has 1 atom stereocenters. The number of carbonyl (C=O) groups is 1. The molecule has 0 spiro atoms. The normalized spacial score (nSPS) is 21.3. The first-order chi connectivity index (χ1) is 13.0. The fraction of sp³-hybridized carbons (Fsp3) is 0.286. The van der Waals surface area contributed by atoms with Gasteiger partial charge in [-0.3, -0.25) is 9.79 Å². The van der Waals surface area contributed by atoms with E-state index in [2.05, 4.69) is 34.4 Å². The topological polar surface area (TPSA) is 54.4 Å². The van der Waals surface area contributed by atoms with E-state index in [1.807, 2.05) is 36.7 Å². The predicted molar refractivity (Wildman–Crippen MR) is 113 cm³/mol. The minimum absolute atomic E-state index is 0.00364. The third-order valence-electron chi connectivity index (χ3n) is 5.05. The Balaban J connectivity index is 1.70. The number of fused-ring (bicyclic) bond motifs is 1. The number of rotatable bonds is 3. The Morgan fingerprint density at radius 1 is 1.37 bits per heavy atom. The van der Waals surface area contributed by atoms with Crippen LogP contribution in [-0.4, -0.2) is 17.1 Å². The lowest BCUT2D eigenvalue weighted by Gasteiger charge is -2.35. The molecule has 1 N–H and O–H groups in total. The molecule has 138 valence electrons. The molecule has 1 aliphatic carbocycles. The molecule has 1 aromatic carbocycles. The first kappa shape index (κ1) is 18.1. The highest BCUT2D eigenvalue weighted by atomic mass is 35.5. The Hall–Kier alpha value is -2.24. The highest BCUT2D eigenvalue weighted by Crippen LogP contribution is 2.46. The maximum Gasteiger partial charge on any atom is 0.284 e. The van der Waals surface area contributed by atoms with Gasteiger partial charge in [-0.15, -0.1) is 11.3 Å². The van der Waals surface area contributed by atoms with Gasteiger partial charge < -0.3 is 5.32 Å². The molecular weight excluding hydrogens is 378 g/mol. The Morgan fingerprint density at radius 3 is 3.00 bits per heavy atom. The number of carbonyl (C=O) groups excluding carboxylic acids is 1. The zero-order valence-corrected chi connectivity index (χ0v) is 16.8. The summed E-state index contributed by atoms with van der Waals surface area (Å²) in [5.74, 6) is -0.211. The number of nitrogens with zero attached hydrogens (tertiary/aromatic N) is 2. The Bertz CT molecular complexity index is 1000. The molecule has 27 heavy (non-hydrogen) atoms. The van der Waals surface area contributed by atoms with E-state index in [-0.39, 0.29) is 11.3 Å². The van der Waals surface area contributed by atoms with Crippen molar-refractivity contribution in [2.24, 2.45) is 10.4 Å². The monoisotopic (exact) mass is 397 g/mol. The van der Waals surface area contributed by atoms with Gasteiger partial charge in [-0.05, 0) is 50.0 Å². The minimum Gasteiger partial charge on any atom is -0.320 e. The molecule has 4 rings (SSSR count). The number of aromatic nitrogens is 1. The molecule has 2 aliphatic rings. The summed E-state index contributed by atoms with van der Waals surface area (Å²) in [6, 6.07) is 5.53. The summed E-state index contributed by atoms with van der Waals surface area (Å²) in [6.07, 6.45) is 9.39. The molecule has 0 saturated carbocycles. The number of hydrogen-bond acceptors (Lipinski definition) is 4. The van der Waals surface area contributed by atoms with Crippen LogP contribution in [0.25, 0.3) is 5.70 Å². The molecule has 0 fully saturated rings. The Labute approximate surface area is 167 Å². The Kier molecular flexibility index (Phi) is 4.74. The molecule has 0 bridgehead atoms. The van der Waals surface area contributed by atoms with E-state index in [0.717, 1.165) is 36.2 Å². The van der Waals surface area contributed by atoms with Gasteiger partial charge in [0.1, 0.15) is 0 Å². The van der Waals surface area contributed by atoms with E-state index in [1.165, 1.54) is 16.9 Å². The molecule has 2 heterocycles. The molecule has 2 aromatic rings. The molecule has 1 aromatic heterocycles. The van der Waals surface area contributed by atoms with Crippen molar-refractivity contribution < 1.29 is 4.79 Å². The van der Waals surface area contributed by atoms with Gasteiger partial charge in [-0.25, -0.2) is 4.98 Å². The van der Waals surface area contributed by atoms with Crippen molar-refractivity contribution in [2.45, 2.75) is 33.1 Å². The van der Waals surface area contributed by atoms with Crippen LogP contribution in [0.2, 0.25) is 5.02 Å². The van der Waals surface area contributed by atoms with Crippen molar-refractivity contribution in [3.63, 3.8) is 0 Å². The maximum atomic E-state index is 12.4. The lowest BCUT2D eigenvalue weighted by atomic mass is 9.71. The van der Waals surface area contributed by atoms with Crippen molar-refractivity contribution in [1.29, 1.82) is 0 Å². The zero-order valence-electron chi connectivity index (χ0n) is 15.3. The van der Waals surface area contributed by atoms with E-state index < -0.39 is 0 Å². The van der Waals surface area contributed by atoms with Crippen LogP contribution in [0.1, 0.15) is 47.2 Å². The molecule has 4 nitrogen and oxygen atoms in total. The van der Waals surface area contributed by atoms with Gasteiger partial charge in [0.15, 0.2) is 5.01 Å². The van der Waals surface area contributed by atoms with Crippen LogP contribution in [0.5, 0.6) is 0 Å². The fourth-order valence-electron chi connectivity index (χ4n) is 3.60. The van der Waals surface area contributed by atoms with Crippen LogP contribution in [0.4, 0.5) is 5.69 Å². The summed E-state index contributed by atoms with van der Waals surface area (Å²) >= 11 is 7.85. The highest BCUT2D eigenvalue weighted by molar-refractivity contribution is 7.11.